The van der Waals surface area contributed by atoms with Crippen LogP contribution >= 0.6 is 23.5 Å². The Morgan fingerprint density at radius 2 is 2.00 bits per heavy atom. The summed E-state index contributed by atoms with van der Waals surface area (Å²) in [4.78, 5) is 16.8. The highest BCUT2D eigenvalue weighted by Gasteiger charge is 2.20. The first-order valence-electron chi connectivity index (χ1n) is 6.22. The number of nitrogens with two attached hydrogens (primary N) is 1. The summed E-state index contributed by atoms with van der Waals surface area (Å²) in [5.41, 5.74) is 6.73. The molecule has 2 heterocycles. The standard InChI is InChI=1S/C15H12N2O2S2/c1-9-2-5-11(6-3-9)20-13-7-4-10(19-13)8-12-14(18)17-15(16)21-12/h2-8H,1H3,(H2,16,17,18)/b12-8+. The molecule has 6 heteroatoms. The summed E-state index contributed by atoms with van der Waals surface area (Å²) in [5.74, 6) is 0.298. The molecule has 0 spiro atoms. The Kier molecular flexibility index (Phi) is 3.90. The van der Waals surface area contributed by atoms with E-state index < -0.39 is 0 Å². The van der Waals surface area contributed by atoms with E-state index in [1.165, 1.54) is 17.3 Å². The number of benzene rings is 1. The molecule has 0 aliphatic carbocycles. The molecule has 3 rings (SSSR count). The van der Waals surface area contributed by atoms with E-state index in [4.69, 9.17) is 10.2 Å². The third-order valence-corrected chi connectivity index (χ3v) is 4.49. The Hall–Kier alpha value is -1.92. The lowest BCUT2D eigenvalue weighted by atomic mass is 10.2. The van der Waals surface area contributed by atoms with Crippen molar-refractivity contribution in [3.63, 3.8) is 0 Å². The number of hydrogen-bond donors (Lipinski definition) is 1. The molecule has 1 aromatic heterocycles. The van der Waals surface area contributed by atoms with Crippen molar-refractivity contribution >= 4 is 40.7 Å². The van der Waals surface area contributed by atoms with Gasteiger partial charge in [0.25, 0.3) is 5.91 Å². The van der Waals surface area contributed by atoms with Crippen LogP contribution in [0.4, 0.5) is 0 Å². The molecule has 4 nitrogen and oxygen atoms in total. The zero-order chi connectivity index (χ0) is 14.8. The van der Waals surface area contributed by atoms with Gasteiger partial charge in [-0.15, -0.1) is 0 Å². The van der Waals surface area contributed by atoms with E-state index in [-0.39, 0.29) is 11.1 Å². The van der Waals surface area contributed by atoms with Gasteiger partial charge in [0.15, 0.2) is 10.3 Å². The van der Waals surface area contributed by atoms with Gasteiger partial charge in [0.1, 0.15) is 5.76 Å². The van der Waals surface area contributed by atoms with Crippen molar-refractivity contribution in [2.24, 2.45) is 10.7 Å². The van der Waals surface area contributed by atoms with E-state index in [0.29, 0.717) is 10.7 Å². The first-order chi connectivity index (χ1) is 10.1. The number of hydrogen-bond acceptors (Lipinski definition) is 5. The van der Waals surface area contributed by atoms with Gasteiger partial charge < -0.3 is 10.2 Å². The second-order valence-electron chi connectivity index (χ2n) is 4.44. The maximum atomic E-state index is 11.5. The number of furan rings is 1. The summed E-state index contributed by atoms with van der Waals surface area (Å²) >= 11 is 2.69. The molecular weight excluding hydrogens is 304 g/mol. The van der Waals surface area contributed by atoms with Gasteiger partial charge in [0.05, 0.1) is 4.91 Å². The van der Waals surface area contributed by atoms with Crippen molar-refractivity contribution in [3.8, 4) is 0 Å². The molecule has 1 aromatic carbocycles. The van der Waals surface area contributed by atoms with E-state index in [0.717, 1.165) is 21.7 Å². The fraction of sp³-hybridized carbons (Fsp3) is 0.0667. The third-order valence-electron chi connectivity index (χ3n) is 2.75. The van der Waals surface area contributed by atoms with Crippen molar-refractivity contribution in [3.05, 3.63) is 52.6 Å². The number of amides is 1. The zero-order valence-corrected chi connectivity index (χ0v) is 12.8. The molecule has 106 valence electrons. The number of carbonyl (C=O) groups is 1. The van der Waals surface area contributed by atoms with Crippen LogP contribution in [0.1, 0.15) is 11.3 Å². The second-order valence-corrected chi connectivity index (χ2v) is 6.58. The number of aryl methyl sites for hydroxylation is 1. The lowest BCUT2D eigenvalue weighted by Gasteiger charge is -1.98. The Morgan fingerprint density at radius 1 is 1.24 bits per heavy atom. The maximum absolute atomic E-state index is 11.5. The van der Waals surface area contributed by atoms with Gasteiger partial charge >= 0.3 is 0 Å². The molecule has 0 unspecified atom stereocenters. The van der Waals surface area contributed by atoms with Crippen molar-refractivity contribution < 1.29 is 9.21 Å². The van der Waals surface area contributed by atoms with Crippen LogP contribution < -0.4 is 5.73 Å². The summed E-state index contributed by atoms with van der Waals surface area (Å²) in [6.45, 7) is 2.05. The second kappa shape index (κ2) is 5.83. The molecule has 21 heavy (non-hydrogen) atoms. The van der Waals surface area contributed by atoms with Crippen molar-refractivity contribution in [2.45, 2.75) is 16.9 Å². The van der Waals surface area contributed by atoms with Crippen LogP contribution in [-0.2, 0) is 4.79 Å². The van der Waals surface area contributed by atoms with Crippen LogP contribution in [-0.4, -0.2) is 11.1 Å². The van der Waals surface area contributed by atoms with Gasteiger partial charge in [-0.1, -0.05) is 29.5 Å². The number of amidine groups is 1. The Labute approximate surface area is 130 Å². The lowest BCUT2D eigenvalue weighted by molar-refractivity contribution is -0.113. The zero-order valence-electron chi connectivity index (χ0n) is 11.2. The summed E-state index contributed by atoms with van der Waals surface area (Å²) in [7, 11) is 0. The van der Waals surface area contributed by atoms with Crippen LogP contribution in [0.5, 0.6) is 0 Å². The highest BCUT2D eigenvalue weighted by atomic mass is 32.2. The molecule has 0 atom stereocenters. The van der Waals surface area contributed by atoms with Crippen LogP contribution in [0, 0.1) is 6.92 Å². The van der Waals surface area contributed by atoms with Crippen LogP contribution in [0.25, 0.3) is 6.08 Å². The predicted octanol–water partition coefficient (Wildman–Crippen LogP) is 3.67. The number of aliphatic imine (C=N–C) groups is 1. The highest BCUT2D eigenvalue weighted by Crippen LogP contribution is 2.32. The number of rotatable bonds is 3. The molecule has 0 radical (unpaired) electrons. The van der Waals surface area contributed by atoms with Gasteiger partial charge in [0.2, 0.25) is 0 Å². The highest BCUT2D eigenvalue weighted by molar-refractivity contribution is 8.18. The minimum atomic E-state index is -0.318. The normalized spacial score (nSPS) is 16.5. The fourth-order valence-corrected chi connectivity index (χ4v) is 3.18. The van der Waals surface area contributed by atoms with Crippen molar-refractivity contribution in [2.75, 3.05) is 0 Å². The molecule has 2 aromatic rings. The summed E-state index contributed by atoms with van der Waals surface area (Å²) < 4.78 is 5.69. The third kappa shape index (κ3) is 3.40. The number of thioether (sulfide) groups is 1. The minimum Gasteiger partial charge on any atom is -0.450 e. The van der Waals surface area contributed by atoms with Crippen molar-refractivity contribution in [1.82, 2.24) is 0 Å². The van der Waals surface area contributed by atoms with Crippen LogP contribution in [0.15, 0.2) is 60.7 Å². The molecule has 2 N–H and O–H groups in total. The summed E-state index contributed by atoms with van der Waals surface area (Å²) in [6.07, 6.45) is 1.66. The maximum Gasteiger partial charge on any atom is 0.286 e. The van der Waals surface area contributed by atoms with Crippen LogP contribution in [0.2, 0.25) is 0 Å². The first kappa shape index (κ1) is 14.0. The van der Waals surface area contributed by atoms with Gasteiger partial charge in [-0.05, 0) is 43.0 Å². The van der Waals surface area contributed by atoms with Gasteiger partial charge in [-0.25, -0.2) is 0 Å². The van der Waals surface area contributed by atoms with E-state index in [1.54, 1.807) is 6.08 Å². The van der Waals surface area contributed by atoms with E-state index in [1.807, 2.05) is 24.3 Å². The molecule has 1 aliphatic heterocycles. The Balaban J connectivity index is 1.74. The van der Waals surface area contributed by atoms with Gasteiger partial charge in [0, 0.05) is 11.0 Å². The average molecular weight is 316 g/mol. The number of nitrogens with zero attached hydrogens (tertiary/aromatic N) is 1. The summed E-state index contributed by atoms with van der Waals surface area (Å²) in [6, 6.07) is 11.9. The van der Waals surface area contributed by atoms with Gasteiger partial charge in [-0.2, -0.15) is 4.99 Å². The van der Waals surface area contributed by atoms with E-state index >= 15 is 0 Å². The lowest BCUT2D eigenvalue weighted by Crippen LogP contribution is -2.01. The monoisotopic (exact) mass is 316 g/mol. The predicted molar refractivity (Wildman–Crippen MR) is 86.2 cm³/mol. The molecule has 0 bridgehead atoms. The molecule has 0 saturated heterocycles. The smallest absolute Gasteiger partial charge is 0.286 e. The van der Waals surface area contributed by atoms with E-state index in [2.05, 4.69) is 24.0 Å². The number of carbonyl (C=O) groups excluding carboxylic acids is 1. The van der Waals surface area contributed by atoms with Crippen LogP contribution in [0.3, 0.4) is 0 Å². The largest absolute Gasteiger partial charge is 0.450 e. The van der Waals surface area contributed by atoms with Crippen molar-refractivity contribution in [1.29, 1.82) is 0 Å². The van der Waals surface area contributed by atoms with Gasteiger partial charge in [-0.3, -0.25) is 4.79 Å². The Bertz CT molecular complexity index is 745. The fourth-order valence-electron chi connectivity index (χ4n) is 1.74. The molecule has 0 fully saturated rings. The molecule has 1 amide bonds. The summed E-state index contributed by atoms with van der Waals surface area (Å²) in [5, 5.41) is 1.04. The van der Waals surface area contributed by atoms with E-state index in [9.17, 15) is 4.79 Å². The minimum absolute atomic E-state index is 0.270. The Morgan fingerprint density at radius 3 is 2.67 bits per heavy atom. The SMILES string of the molecule is Cc1ccc(Sc2ccc(/C=C3/SC(N)=NC3=O)o2)cc1. The molecular formula is C15H12N2O2S2. The molecule has 0 saturated carbocycles. The first-order valence-corrected chi connectivity index (χ1v) is 7.86. The topological polar surface area (TPSA) is 68.6 Å². The molecule has 1 aliphatic rings. The quantitative estimate of drug-likeness (QED) is 0.875. The average Bonchev–Trinajstić information content (AvgIpc) is 3.00.